The van der Waals surface area contributed by atoms with Gasteiger partial charge in [-0.05, 0) is 85.6 Å². The third-order valence-corrected chi connectivity index (χ3v) is 10.1. The van der Waals surface area contributed by atoms with Gasteiger partial charge in [-0.15, -0.1) is 0 Å². The smallest absolute Gasteiger partial charge is 0.338 e. The first-order valence-corrected chi connectivity index (χ1v) is 17.1. The minimum absolute atomic E-state index is 0.0207. The molecule has 1 aliphatic rings. The normalized spacial score (nSPS) is 13.1. The van der Waals surface area contributed by atoms with Gasteiger partial charge in [0.25, 0.3) is 0 Å². The number of aromatic amines is 4. The van der Waals surface area contributed by atoms with Gasteiger partial charge in [-0.2, -0.15) is 5.48 Å². The summed E-state index contributed by atoms with van der Waals surface area (Å²) in [6.45, 7) is 13.7. The van der Waals surface area contributed by atoms with Gasteiger partial charge in [-0.1, -0.05) is 19.6 Å². The topological polar surface area (TPSA) is 234 Å². The van der Waals surface area contributed by atoms with E-state index in [2.05, 4.69) is 45.8 Å². The molecule has 0 saturated heterocycles. The summed E-state index contributed by atoms with van der Waals surface area (Å²) in [6, 6.07) is -1.52. The number of hydrogen-bond donors (Lipinski definition) is 9. The molecule has 0 saturated carbocycles. The van der Waals surface area contributed by atoms with Crippen molar-refractivity contribution in [1.29, 1.82) is 0 Å². The lowest BCUT2D eigenvalue weighted by Crippen LogP contribution is -2.38. The zero-order chi connectivity index (χ0) is 38.0. The molecule has 52 heavy (non-hydrogen) atoms. The molecule has 0 radical (unpaired) electrons. The van der Waals surface area contributed by atoms with Crippen LogP contribution in [0.4, 0.5) is 0 Å². The first-order valence-electron chi connectivity index (χ1n) is 17.1. The van der Waals surface area contributed by atoms with E-state index in [0.29, 0.717) is 40.6 Å². The van der Waals surface area contributed by atoms with Gasteiger partial charge in [0.05, 0.1) is 23.9 Å². The second-order valence-corrected chi connectivity index (χ2v) is 13.2. The maximum Gasteiger partial charge on any atom is 0.338 e. The van der Waals surface area contributed by atoms with Gasteiger partial charge in [0.2, 0.25) is 0 Å². The maximum absolute atomic E-state index is 13.0. The van der Waals surface area contributed by atoms with Crippen LogP contribution in [-0.2, 0) is 44.9 Å². The molecule has 0 spiro atoms. The summed E-state index contributed by atoms with van der Waals surface area (Å²) in [7, 11) is 0. The second kappa shape index (κ2) is 15.3. The Morgan fingerprint density at radius 3 is 2.12 bits per heavy atom. The van der Waals surface area contributed by atoms with Crippen LogP contribution in [0.1, 0.15) is 110 Å². The molecular formula is C38H45N5O9. The molecule has 9 N–H and O–H groups in total. The predicted molar refractivity (Wildman–Crippen MR) is 193 cm³/mol. The molecule has 4 aromatic rings. The Balaban J connectivity index is 1.81. The summed E-state index contributed by atoms with van der Waals surface area (Å²) in [4.78, 5) is 67.3. The molecule has 5 rings (SSSR count). The van der Waals surface area contributed by atoms with Gasteiger partial charge in [0, 0.05) is 70.8 Å². The van der Waals surface area contributed by atoms with Gasteiger partial charge < -0.3 is 45.2 Å². The average molecular weight is 716 g/mol. The minimum atomic E-state index is -1.52. The fourth-order valence-electron chi connectivity index (χ4n) is 7.26. The van der Waals surface area contributed by atoms with Gasteiger partial charge in [-0.3, -0.25) is 14.4 Å². The van der Waals surface area contributed by atoms with Crippen LogP contribution in [0.3, 0.4) is 0 Å². The number of aromatic carboxylic acids is 1. The number of hydroxylamine groups is 1. The van der Waals surface area contributed by atoms with Crippen molar-refractivity contribution in [2.75, 3.05) is 6.61 Å². The van der Waals surface area contributed by atoms with E-state index in [0.717, 1.165) is 62.7 Å². The van der Waals surface area contributed by atoms with Crippen LogP contribution in [0, 0.1) is 27.7 Å². The Hall–Kier alpha value is -5.60. The lowest BCUT2D eigenvalue weighted by Gasteiger charge is -2.14. The van der Waals surface area contributed by atoms with Crippen LogP contribution >= 0.6 is 0 Å². The van der Waals surface area contributed by atoms with E-state index in [-0.39, 0.29) is 36.8 Å². The molecule has 14 nitrogen and oxygen atoms in total. The van der Waals surface area contributed by atoms with Gasteiger partial charge in [0.15, 0.2) is 0 Å². The molecule has 8 bridgehead atoms. The van der Waals surface area contributed by atoms with Crippen LogP contribution in [0.2, 0.25) is 0 Å². The van der Waals surface area contributed by atoms with Crippen molar-refractivity contribution in [3.63, 3.8) is 0 Å². The summed E-state index contributed by atoms with van der Waals surface area (Å²) < 4.78 is 0. The summed E-state index contributed by atoms with van der Waals surface area (Å²) >= 11 is 0. The number of carbonyl (C=O) groups is 4. The standard InChI is InChI=1S/C38H45N5O9/c1-7-21-17(3)25-13-27-19(5)23(9-10-32(44)45)35(41-27)24(11-12-52-43-31(37(48)49)16-33(46)47)36-34(38(50)51)20(6)28(42-36)15-30-22(8-2)18(4)26(40-30)14-29(21)39-25/h7,15,31,39-43H,1,8-14,16H2,2-6H3,(H,44,45)(H,46,47)(H,48,49)(H,50,51)/t31-/m0/s1. The molecule has 1 atom stereocenters. The first kappa shape index (κ1) is 37.7. The number of aromatic nitrogens is 4. The number of fused-ring (bicyclic) bond motifs is 8. The third kappa shape index (κ3) is 7.39. The molecule has 14 heteroatoms. The minimum Gasteiger partial charge on any atom is -0.481 e. The number of H-pyrrole nitrogens is 4. The van der Waals surface area contributed by atoms with E-state index < -0.39 is 36.3 Å². The highest BCUT2D eigenvalue weighted by molar-refractivity contribution is 5.91. The van der Waals surface area contributed by atoms with Crippen molar-refractivity contribution in [3.8, 4) is 0 Å². The van der Waals surface area contributed by atoms with Crippen LogP contribution in [0.5, 0.6) is 0 Å². The monoisotopic (exact) mass is 715 g/mol. The number of rotatable bonds is 14. The van der Waals surface area contributed by atoms with Crippen molar-refractivity contribution >= 4 is 41.6 Å². The zero-order valence-electron chi connectivity index (χ0n) is 29.9. The zero-order valence-corrected chi connectivity index (χ0v) is 29.9. The third-order valence-electron chi connectivity index (χ3n) is 10.1. The van der Waals surface area contributed by atoms with E-state index in [1.807, 2.05) is 26.0 Å². The number of hydrogen-bond acceptors (Lipinski definition) is 6. The molecule has 0 amide bonds. The van der Waals surface area contributed by atoms with Gasteiger partial charge >= 0.3 is 23.9 Å². The van der Waals surface area contributed by atoms with Crippen LogP contribution in [-0.4, -0.2) is 76.9 Å². The van der Waals surface area contributed by atoms with Gasteiger partial charge in [-0.25, -0.2) is 4.79 Å². The highest BCUT2D eigenvalue weighted by atomic mass is 16.6. The number of aliphatic carboxylic acids is 3. The van der Waals surface area contributed by atoms with E-state index in [1.165, 1.54) is 0 Å². The van der Waals surface area contributed by atoms with Crippen molar-refractivity contribution < 1.29 is 44.4 Å². The van der Waals surface area contributed by atoms with Crippen molar-refractivity contribution in [1.82, 2.24) is 25.4 Å². The second-order valence-electron chi connectivity index (χ2n) is 13.2. The Morgan fingerprint density at radius 2 is 1.50 bits per heavy atom. The van der Waals surface area contributed by atoms with Crippen LogP contribution in [0.15, 0.2) is 6.58 Å². The Bertz CT molecular complexity index is 2210. The Labute approximate surface area is 299 Å². The predicted octanol–water partition coefficient (Wildman–Crippen LogP) is 3.52. The number of nitrogens with one attached hydrogen (secondary N) is 5. The molecule has 5 heterocycles. The van der Waals surface area contributed by atoms with E-state index in [9.17, 15) is 34.5 Å². The van der Waals surface area contributed by atoms with E-state index in [1.54, 1.807) is 6.92 Å². The molecule has 0 aliphatic carbocycles. The Kier molecular flexibility index (Phi) is 11.1. The molecule has 0 aromatic carbocycles. The largest absolute Gasteiger partial charge is 0.481 e. The molecule has 0 unspecified atom stereocenters. The molecule has 4 aromatic heterocycles. The summed E-state index contributed by atoms with van der Waals surface area (Å²) in [5, 5.41) is 39.8. The molecule has 276 valence electrons. The summed E-state index contributed by atoms with van der Waals surface area (Å²) in [5.41, 5.74) is 14.2. The summed E-state index contributed by atoms with van der Waals surface area (Å²) in [5.74, 6) is -4.91. The number of carboxylic acids is 4. The van der Waals surface area contributed by atoms with Crippen LogP contribution < -0.4 is 16.2 Å². The highest BCUT2D eigenvalue weighted by Gasteiger charge is 2.26. The van der Waals surface area contributed by atoms with Crippen LogP contribution in [0.25, 0.3) is 17.7 Å². The first-order chi connectivity index (χ1) is 24.7. The Morgan fingerprint density at radius 1 is 0.846 bits per heavy atom. The molecule has 0 fully saturated rings. The van der Waals surface area contributed by atoms with Crippen molar-refractivity contribution in [2.24, 2.45) is 0 Å². The fourth-order valence-corrected chi connectivity index (χ4v) is 7.26. The molecular weight excluding hydrogens is 670 g/mol. The lowest BCUT2D eigenvalue weighted by molar-refractivity contribution is -0.150. The van der Waals surface area contributed by atoms with Crippen molar-refractivity contribution in [3.05, 3.63) is 95.9 Å². The lowest BCUT2D eigenvalue weighted by atomic mass is 9.96. The highest BCUT2D eigenvalue weighted by Crippen LogP contribution is 2.32. The number of carboxylic acid groups (broad SMARTS) is 4. The quantitative estimate of drug-likeness (QED) is 0.0681. The van der Waals surface area contributed by atoms with E-state index >= 15 is 0 Å². The van der Waals surface area contributed by atoms with Gasteiger partial charge in [0.1, 0.15) is 6.04 Å². The SMILES string of the molecule is C=Cc1c2[nH]c(c1C)Cc1[nH]c(c(CCC(=O)O)c1C)C(CCON[C@@H](CC(=O)O)C(=O)O)=c1[nH]c(c(C)c1C(=O)O)=Cc1[nH]c(c(C)c1CC)C2. The van der Waals surface area contributed by atoms with Crippen molar-refractivity contribution in [2.45, 2.75) is 85.6 Å². The molecule has 1 aliphatic heterocycles. The average Bonchev–Trinajstić information content (AvgIpc) is 3.75. The maximum atomic E-state index is 13.0. The van der Waals surface area contributed by atoms with E-state index in [4.69, 9.17) is 9.94 Å². The summed E-state index contributed by atoms with van der Waals surface area (Å²) in [6.07, 6.45) is 4.77. The fraction of sp³-hybridized carbons (Fsp3) is 0.368.